The van der Waals surface area contributed by atoms with Crippen LogP contribution in [0.25, 0.3) is 0 Å². The summed E-state index contributed by atoms with van der Waals surface area (Å²) in [6, 6.07) is 7.12. The summed E-state index contributed by atoms with van der Waals surface area (Å²) in [5.74, 6) is 0. The summed E-state index contributed by atoms with van der Waals surface area (Å²) in [6.45, 7) is 17.2. The second-order valence-electron chi connectivity index (χ2n) is 8.64. The zero-order valence-electron chi connectivity index (χ0n) is 17.2. The molecule has 0 atom stereocenters. The van der Waals surface area contributed by atoms with Gasteiger partial charge in [-0.05, 0) is 27.2 Å². The zero-order chi connectivity index (χ0) is 18.6. The molecule has 142 valence electrons. The first kappa shape index (κ1) is 23.7. The van der Waals surface area contributed by atoms with E-state index in [1.165, 1.54) is 35.8 Å². The first-order valence-electron chi connectivity index (χ1n) is 9.51. The summed E-state index contributed by atoms with van der Waals surface area (Å²) in [4.78, 5) is 11.2. The van der Waals surface area contributed by atoms with Crippen molar-refractivity contribution in [1.82, 2.24) is 0 Å². The normalized spacial score (nSPS) is 12.5. The lowest BCUT2D eigenvalue weighted by molar-refractivity contribution is 0.0591. The molecule has 0 aliphatic rings. The van der Waals surface area contributed by atoms with Crippen molar-refractivity contribution in [2.24, 2.45) is 0 Å². The van der Waals surface area contributed by atoms with E-state index in [0.29, 0.717) is 13.2 Å². The highest BCUT2D eigenvalue weighted by molar-refractivity contribution is 6.83. The largest absolute Gasteiger partial charge is 0.508 e. The van der Waals surface area contributed by atoms with Crippen LogP contribution >= 0.6 is 0 Å². The highest BCUT2D eigenvalue weighted by Gasteiger charge is 2.26. The lowest BCUT2D eigenvalue weighted by Gasteiger charge is -2.29. The summed E-state index contributed by atoms with van der Waals surface area (Å²) >= 11 is 0. The van der Waals surface area contributed by atoms with Crippen LogP contribution in [0.5, 0.6) is 0 Å². The van der Waals surface area contributed by atoms with Crippen molar-refractivity contribution < 1.29 is 14.3 Å². The van der Waals surface area contributed by atoms with E-state index < -0.39 is 22.3 Å². The van der Waals surface area contributed by atoms with Gasteiger partial charge >= 0.3 is 6.16 Å². The van der Waals surface area contributed by atoms with Crippen LogP contribution in [-0.2, 0) is 9.47 Å². The Morgan fingerprint density at radius 3 is 2.08 bits per heavy atom. The number of hydrogen-bond acceptors (Lipinski definition) is 3. The van der Waals surface area contributed by atoms with Gasteiger partial charge in [-0.25, -0.2) is 4.79 Å². The van der Waals surface area contributed by atoms with Gasteiger partial charge in [-0.2, -0.15) is 0 Å². The van der Waals surface area contributed by atoms with Gasteiger partial charge < -0.3 is 9.47 Å². The smallest absolute Gasteiger partial charge is 0.435 e. The predicted octanol–water partition coefficient (Wildman–Crippen LogP) is 5.48. The maximum Gasteiger partial charge on any atom is 0.508 e. The highest BCUT2D eigenvalue weighted by Crippen LogP contribution is 2.27. The molecule has 0 heterocycles. The minimum absolute atomic E-state index is 0.0277. The number of rotatable bonds is 12. The van der Waals surface area contributed by atoms with E-state index >= 15 is 0 Å². The van der Waals surface area contributed by atoms with Gasteiger partial charge in [0, 0.05) is 25.7 Å². The molecule has 0 saturated heterocycles. The highest BCUT2D eigenvalue weighted by atomic mass is 28.3. The molecular weight excluding hydrogens is 348 g/mol. The molecule has 0 radical (unpaired) electrons. The summed E-state index contributed by atoms with van der Waals surface area (Å²) in [7, 11) is -2.17. The van der Waals surface area contributed by atoms with Crippen LogP contribution in [0.4, 0.5) is 4.79 Å². The van der Waals surface area contributed by atoms with E-state index in [9.17, 15) is 4.79 Å². The standard InChI is InChI=1S/C18H40O3Si3/c1-8-20-18(19)21-10-9-12-23(4,5)14-15-24(6,7)13-11-22-16-17(2)3/h16H,8-15,22H2,1-7H3. The quantitative estimate of drug-likeness (QED) is 0.252. The average molecular weight is 389 g/mol. The molecule has 6 heteroatoms. The Hall–Kier alpha value is -0.339. The van der Waals surface area contributed by atoms with Gasteiger partial charge in [0.05, 0.1) is 13.2 Å². The molecule has 0 aliphatic carbocycles. The number of carbonyl (C=O) groups is 1. The molecule has 0 aromatic rings. The molecule has 0 aromatic carbocycles. The third-order valence-corrected chi connectivity index (χ3v) is 14.3. The Kier molecular flexibility index (Phi) is 11.9. The van der Waals surface area contributed by atoms with Crippen molar-refractivity contribution in [2.75, 3.05) is 13.2 Å². The fourth-order valence-corrected chi connectivity index (χ4v) is 15.2. The van der Waals surface area contributed by atoms with E-state index in [0.717, 1.165) is 6.42 Å². The second kappa shape index (κ2) is 12.1. The predicted molar refractivity (Wildman–Crippen MR) is 115 cm³/mol. The molecule has 0 aliphatic heterocycles. The summed E-state index contributed by atoms with van der Waals surface area (Å²) < 4.78 is 9.86. The summed E-state index contributed by atoms with van der Waals surface area (Å²) in [6.07, 6.45) is 0.457. The minimum Gasteiger partial charge on any atom is -0.435 e. The van der Waals surface area contributed by atoms with E-state index in [1.807, 2.05) is 0 Å². The van der Waals surface area contributed by atoms with Crippen LogP contribution < -0.4 is 0 Å². The van der Waals surface area contributed by atoms with Gasteiger partial charge in [0.25, 0.3) is 0 Å². The number of allylic oxidation sites excluding steroid dienone is 1. The lowest BCUT2D eigenvalue weighted by Crippen LogP contribution is -2.32. The molecule has 0 amide bonds. The van der Waals surface area contributed by atoms with Gasteiger partial charge in [0.2, 0.25) is 0 Å². The van der Waals surface area contributed by atoms with E-state index in [-0.39, 0.29) is 9.52 Å². The van der Waals surface area contributed by atoms with E-state index in [2.05, 4.69) is 45.7 Å². The minimum atomic E-state index is -1.17. The van der Waals surface area contributed by atoms with Gasteiger partial charge in [0.1, 0.15) is 0 Å². The topological polar surface area (TPSA) is 35.5 Å². The molecular formula is C18H40O3Si3. The van der Waals surface area contributed by atoms with Crippen LogP contribution in [0, 0.1) is 0 Å². The fraction of sp³-hybridized carbons (Fsp3) is 0.833. The maximum atomic E-state index is 11.2. The Balaban J connectivity index is 3.98. The molecule has 0 N–H and O–H groups in total. The Morgan fingerprint density at radius 1 is 0.958 bits per heavy atom. The van der Waals surface area contributed by atoms with Gasteiger partial charge in [-0.15, -0.1) is 5.70 Å². The first-order chi connectivity index (χ1) is 11.1. The number of ether oxygens (including phenoxy) is 2. The third-order valence-electron chi connectivity index (χ3n) is 4.57. The zero-order valence-corrected chi connectivity index (χ0v) is 20.6. The van der Waals surface area contributed by atoms with Gasteiger partial charge in [-0.1, -0.05) is 62.0 Å². The average Bonchev–Trinajstić information content (AvgIpc) is 2.47. The van der Waals surface area contributed by atoms with Crippen molar-refractivity contribution in [2.45, 2.75) is 83.6 Å². The first-order valence-corrected chi connectivity index (χ1v) is 18.2. The Labute approximate surface area is 154 Å². The Morgan fingerprint density at radius 2 is 1.54 bits per heavy atom. The molecule has 0 rings (SSSR count). The van der Waals surface area contributed by atoms with Crippen molar-refractivity contribution in [3.63, 3.8) is 0 Å². The number of hydrogen-bond donors (Lipinski definition) is 0. The van der Waals surface area contributed by atoms with Crippen LogP contribution in [0.15, 0.2) is 11.3 Å². The van der Waals surface area contributed by atoms with Crippen LogP contribution in [0.1, 0.15) is 27.2 Å². The van der Waals surface area contributed by atoms with Crippen molar-refractivity contribution >= 4 is 31.8 Å². The lowest BCUT2D eigenvalue weighted by atomic mass is 10.4. The van der Waals surface area contributed by atoms with Crippen LogP contribution in [0.2, 0.25) is 56.4 Å². The fourth-order valence-electron chi connectivity index (χ4n) is 2.76. The summed E-state index contributed by atoms with van der Waals surface area (Å²) in [5, 5.41) is 0. The van der Waals surface area contributed by atoms with Crippen LogP contribution in [0.3, 0.4) is 0 Å². The maximum absolute atomic E-state index is 11.2. The molecule has 0 unspecified atom stereocenters. The molecule has 3 nitrogen and oxygen atoms in total. The molecule has 0 bridgehead atoms. The van der Waals surface area contributed by atoms with E-state index in [4.69, 9.17) is 9.47 Å². The molecule has 0 spiro atoms. The third kappa shape index (κ3) is 14.0. The van der Waals surface area contributed by atoms with Crippen molar-refractivity contribution in [1.29, 1.82) is 0 Å². The molecule has 0 aromatic heterocycles. The summed E-state index contributed by atoms with van der Waals surface area (Å²) in [5.41, 5.74) is 4.01. The van der Waals surface area contributed by atoms with Crippen molar-refractivity contribution in [3.05, 3.63) is 11.3 Å². The van der Waals surface area contributed by atoms with E-state index in [1.54, 1.807) is 6.92 Å². The van der Waals surface area contributed by atoms with Gasteiger partial charge in [0.15, 0.2) is 0 Å². The molecule has 0 saturated carbocycles. The second-order valence-corrected chi connectivity index (χ2v) is 21.0. The molecule has 0 fully saturated rings. The Bertz CT molecular complexity index is 389. The molecule has 24 heavy (non-hydrogen) atoms. The van der Waals surface area contributed by atoms with Gasteiger partial charge in [-0.3, -0.25) is 0 Å². The number of carbonyl (C=O) groups excluding carboxylic acids is 1. The van der Waals surface area contributed by atoms with Crippen molar-refractivity contribution in [3.8, 4) is 0 Å². The van der Waals surface area contributed by atoms with Crippen LogP contribution in [-0.4, -0.2) is 45.0 Å². The monoisotopic (exact) mass is 388 g/mol. The SMILES string of the molecule is CCOC(=O)OCCC[Si](C)(C)CC[Si](C)(C)CC[SiH2]C=C(C)C.